The number of hydrogen-bond donors (Lipinski definition) is 2. The van der Waals surface area contributed by atoms with Crippen molar-refractivity contribution in [2.24, 2.45) is 5.92 Å². The molecule has 0 unspecified atom stereocenters. The zero-order valence-corrected chi connectivity index (χ0v) is 11.5. The first-order valence-electron chi connectivity index (χ1n) is 5.97. The van der Waals surface area contributed by atoms with Crippen LogP contribution in [0.2, 0.25) is 0 Å². The number of nitrogens with zero attached hydrogens (tertiary/aromatic N) is 2. The van der Waals surface area contributed by atoms with E-state index in [-0.39, 0.29) is 24.2 Å². The van der Waals surface area contributed by atoms with E-state index in [1.165, 1.54) is 6.33 Å². The Bertz CT molecular complexity index is 407. The molecule has 1 aromatic heterocycles. The first-order valence-corrected chi connectivity index (χ1v) is 5.97. The zero-order chi connectivity index (χ0) is 12.3. The first-order chi connectivity index (χ1) is 8.18. The van der Waals surface area contributed by atoms with Gasteiger partial charge in [-0.3, -0.25) is 4.79 Å². The molecule has 2 rings (SSSR count). The molecule has 100 valence electrons. The van der Waals surface area contributed by atoms with Crippen molar-refractivity contribution in [2.45, 2.75) is 19.8 Å². The van der Waals surface area contributed by atoms with Crippen LogP contribution < -0.4 is 10.6 Å². The molecule has 0 saturated carbocycles. The Morgan fingerprint density at radius 2 is 2.28 bits per heavy atom. The van der Waals surface area contributed by atoms with Crippen LogP contribution in [0, 0.1) is 5.92 Å². The fourth-order valence-corrected chi connectivity index (χ4v) is 1.80. The third kappa shape index (κ3) is 3.40. The van der Waals surface area contributed by atoms with E-state index in [1.807, 2.05) is 13.8 Å². The Balaban J connectivity index is 0.00000162. The van der Waals surface area contributed by atoms with E-state index in [2.05, 4.69) is 20.6 Å². The van der Waals surface area contributed by atoms with Gasteiger partial charge in [-0.2, -0.15) is 0 Å². The van der Waals surface area contributed by atoms with Crippen molar-refractivity contribution < 1.29 is 4.79 Å². The molecule has 1 aliphatic rings. The van der Waals surface area contributed by atoms with Gasteiger partial charge in [-0.1, -0.05) is 13.8 Å². The van der Waals surface area contributed by atoms with Crippen molar-refractivity contribution in [1.82, 2.24) is 20.6 Å². The second-order valence-corrected chi connectivity index (χ2v) is 4.71. The van der Waals surface area contributed by atoms with Crippen molar-refractivity contribution in [3.63, 3.8) is 0 Å². The summed E-state index contributed by atoms with van der Waals surface area (Å²) >= 11 is 0. The molecule has 2 heterocycles. The highest BCUT2D eigenvalue weighted by atomic mass is 35.5. The van der Waals surface area contributed by atoms with E-state index in [0.29, 0.717) is 11.5 Å². The molecule has 1 saturated heterocycles. The third-order valence-corrected chi connectivity index (χ3v) is 2.95. The van der Waals surface area contributed by atoms with E-state index in [1.54, 1.807) is 6.20 Å². The second-order valence-electron chi connectivity index (χ2n) is 4.71. The number of carbonyl (C=O) groups is 1. The van der Waals surface area contributed by atoms with E-state index < -0.39 is 0 Å². The van der Waals surface area contributed by atoms with Crippen LogP contribution in [0.1, 0.15) is 35.8 Å². The molecule has 0 radical (unpaired) electrons. The molecular formula is C12H19ClN4O. The van der Waals surface area contributed by atoms with Gasteiger partial charge in [0.1, 0.15) is 6.33 Å². The minimum absolute atomic E-state index is 0. The topological polar surface area (TPSA) is 66.9 Å². The van der Waals surface area contributed by atoms with Gasteiger partial charge in [0, 0.05) is 31.7 Å². The minimum atomic E-state index is -0.0683. The van der Waals surface area contributed by atoms with E-state index in [4.69, 9.17) is 0 Å². The van der Waals surface area contributed by atoms with Gasteiger partial charge in [-0.25, -0.2) is 9.97 Å². The molecule has 18 heavy (non-hydrogen) atoms. The normalized spacial score (nSPS) is 14.8. The summed E-state index contributed by atoms with van der Waals surface area (Å²) in [6.07, 6.45) is 3.08. The summed E-state index contributed by atoms with van der Waals surface area (Å²) in [5.41, 5.74) is 1.40. The van der Waals surface area contributed by atoms with Crippen LogP contribution in [0.25, 0.3) is 0 Å². The maximum atomic E-state index is 12.0. The summed E-state index contributed by atoms with van der Waals surface area (Å²) in [6, 6.07) is 0. The van der Waals surface area contributed by atoms with Gasteiger partial charge >= 0.3 is 0 Å². The largest absolute Gasteiger partial charge is 0.352 e. The van der Waals surface area contributed by atoms with Crippen LogP contribution in [-0.2, 0) is 0 Å². The molecule has 6 heteroatoms. The molecule has 0 spiro atoms. The minimum Gasteiger partial charge on any atom is -0.352 e. The molecule has 1 aromatic rings. The van der Waals surface area contributed by atoms with Gasteiger partial charge in [0.25, 0.3) is 5.91 Å². The summed E-state index contributed by atoms with van der Waals surface area (Å²) in [4.78, 5) is 20.1. The number of aromatic nitrogens is 2. The van der Waals surface area contributed by atoms with Crippen LogP contribution in [-0.4, -0.2) is 35.5 Å². The van der Waals surface area contributed by atoms with E-state index in [9.17, 15) is 4.79 Å². The maximum absolute atomic E-state index is 12.0. The second kappa shape index (κ2) is 6.66. The summed E-state index contributed by atoms with van der Waals surface area (Å²) in [7, 11) is 0. The van der Waals surface area contributed by atoms with Crippen LogP contribution in [0.4, 0.5) is 0 Å². The monoisotopic (exact) mass is 270 g/mol. The summed E-state index contributed by atoms with van der Waals surface area (Å²) in [6.45, 7) is 6.74. The van der Waals surface area contributed by atoms with Crippen molar-refractivity contribution in [3.8, 4) is 0 Å². The van der Waals surface area contributed by atoms with E-state index in [0.717, 1.165) is 25.3 Å². The first kappa shape index (κ1) is 14.9. The fraction of sp³-hybridized carbons (Fsp3) is 0.583. The van der Waals surface area contributed by atoms with Gasteiger partial charge in [0.15, 0.2) is 0 Å². The van der Waals surface area contributed by atoms with Crippen LogP contribution in [0.5, 0.6) is 0 Å². The maximum Gasteiger partial charge on any atom is 0.254 e. The molecule has 0 atom stereocenters. The van der Waals surface area contributed by atoms with Gasteiger partial charge in [-0.05, 0) is 5.92 Å². The Morgan fingerprint density at radius 1 is 1.56 bits per heavy atom. The molecule has 1 aliphatic heterocycles. The lowest BCUT2D eigenvalue weighted by atomic mass is 10.0. The molecule has 5 nitrogen and oxygen atoms in total. The molecule has 2 N–H and O–H groups in total. The molecule has 0 aromatic carbocycles. The number of hydrogen-bond acceptors (Lipinski definition) is 4. The lowest BCUT2D eigenvalue weighted by Crippen LogP contribution is -2.48. The number of nitrogens with one attached hydrogen (secondary N) is 2. The van der Waals surface area contributed by atoms with Crippen LogP contribution in [0.3, 0.4) is 0 Å². The quantitative estimate of drug-likeness (QED) is 0.856. The average molecular weight is 271 g/mol. The Hall–Kier alpha value is -1.20. The number of halogens is 1. The molecule has 1 amide bonds. The molecule has 0 bridgehead atoms. The van der Waals surface area contributed by atoms with E-state index >= 15 is 0 Å². The highest BCUT2D eigenvalue weighted by Crippen LogP contribution is 2.15. The third-order valence-electron chi connectivity index (χ3n) is 2.95. The molecule has 0 aliphatic carbocycles. The lowest BCUT2D eigenvalue weighted by Gasteiger charge is -2.27. The number of carbonyl (C=O) groups excluding carboxylic acids is 1. The smallest absolute Gasteiger partial charge is 0.254 e. The molecular weight excluding hydrogens is 252 g/mol. The lowest BCUT2D eigenvalue weighted by molar-refractivity contribution is 0.0940. The van der Waals surface area contributed by atoms with Crippen molar-refractivity contribution >= 4 is 18.3 Å². The van der Waals surface area contributed by atoms with Crippen LogP contribution >= 0.6 is 12.4 Å². The Morgan fingerprint density at radius 3 is 2.83 bits per heavy atom. The SMILES string of the molecule is CC(C)c1ncncc1C(=O)NCC1CNC1.Cl. The van der Waals surface area contributed by atoms with Gasteiger partial charge in [0.2, 0.25) is 0 Å². The highest BCUT2D eigenvalue weighted by molar-refractivity contribution is 5.95. The summed E-state index contributed by atoms with van der Waals surface area (Å²) in [5, 5.41) is 6.12. The Kier molecular flexibility index (Phi) is 5.50. The van der Waals surface area contributed by atoms with Gasteiger partial charge in [-0.15, -0.1) is 12.4 Å². The molecule has 1 fully saturated rings. The van der Waals surface area contributed by atoms with Crippen molar-refractivity contribution in [3.05, 3.63) is 23.8 Å². The Labute approximate surface area is 113 Å². The van der Waals surface area contributed by atoms with Gasteiger partial charge in [0.05, 0.1) is 11.3 Å². The number of rotatable bonds is 4. The summed E-state index contributed by atoms with van der Waals surface area (Å²) in [5.74, 6) is 0.719. The average Bonchev–Trinajstić information content (AvgIpc) is 2.26. The van der Waals surface area contributed by atoms with Crippen molar-refractivity contribution in [2.75, 3.05) is 19.6 Å². The number of amides is 1. The fourth-order valence-electron chi connectivity index (χ4n) is 1.80. The summed E-state index contributed by atoms with van der Waals surface area (Å²) < 4.78 is 0. The van der Waals surface area contributed by atoms with Crippen LogP contribution in [0.15, 0.2) is 12.5 Å². The predicted molar refractivity (Wildman–Crippen MR) is 72.1 cm³/mol. The van der Waals surface area contributed by atoms with Gasteiger partial charge < -0.3 is 10.6 Å². The highest BCUT2D eigenvalue weighted by Gasteiger charge is 2.19. The predicted octanol–water partition coefficient (Wildman–Crippen LogP) is 0.971. The standard InChI is InChI=1S/C12H18N4O.ClH/c1-8(2)11-10(6-14-7-16-11)12(17)15-5-9-3-13-4-9;/h6-9,13H,3-5H2,1-2H3,(H,15,17);1H. The van der Waals surface area contributed by atoms with Crippen molar-refractivity contribution in [1.29, 1.82) is 0 Å². The zero-order valence-electron chi connectivity index (χ0n) is 10.6.